The van der Waals surface area contributed by atoms with Crippen molar-refractivity contribution in [1.82, 2.24) is 5.01 Å². The van der Waals surface area contributed by atoms with Gasteiger partial charge >= 0.3 is 0 Å². The molecule has 0 fully saturated rings. The van der Waals surface area contributed by atoms with E-state index in [2.05, 4.69) is 39.0 Å². The Morgan fingerprint density at radius 1 is 1.17 bits per heavy atom. The van der Waals surface area contributed by atoms with Gasteiger partial charge in [0.1, 0.15) is 5.75 Å². The SMILES string of the molecule is CCC1=NN(CCO[Si](C)(C)C(C)(C)C)C(=O)C1Oc1cc(C#N)cc(C#N)c1. The summed E-state index contributed by atoms with van der Waals surface area (Å²) in [6, 6.07) is 8.51. The Morgan fingerprint density at radius 3 is 2.24 bits per heavy atom. The van der Waals surface area contributed by atoms with Gasteiger partial charge in [-0.1, -0.05) is 27.7 Å². The van der Waals surface area contributed by atoms with Gasteiger partial charge in [0.05, 0.1) is 42.1 Å². The predicted octanol–water partition coefficient (Wildman–Crippen LogP) is 3.81. The van der Waals surface area contributed by atoms with Crippen LogP contribution < -0.4 is 4.74 Å². The Hall–Kier alpha value is -2.68. The highest BCUT2D eigenvalue weighted by Crippen LogP contribution is 2.36. The maximum atomic E-state index is 12.9. The number of carbonyl (C=O) groups is 1. The lowest BCUT2D eigenvalue weighted by Gasteiger charge is -2.36. The van der Waals surface area contributed by atoms with E-state index in [0.717, 1.165) is 0 Å². The van der Waals surface area contributed by atoms with E-state index < -0.39 is 14.4 Å². The highest BCUT2D eigenvalue weighted by Gasteiger charge is 2.39. The summed E-state index contributed by atoms with van der Waals surface area (Å²) in [5, 5.41) is 24.2. The van der Waals surface area contributed by atoms with Gasteiger partial charge in [-0.25, -0.2) is 5.01 Å². The second-order valence-electron chi connectivity index (χ2n) is 8.48. The molecule has 1 amide bonds. The average Bonchev–Trinajstić information content (AvgIpc) is 2.95. The van der Waals surface area contributed by atoms with Gasteiger partial charge in [0.2, 0.25) is 6.10 Å². The van der Waals surface area contributed by atoms with Crippen LogP contribution in [0.1, 0.15) is 45.2 Å². The summed E-state index contributed by atoms with van der Waals surface area (Å²) in [7, 11) is -1.90. The van der Waals surface area contributed by atoms with Crippen LogP contribution >= 0.6 is 0 Å². The first-order valence-electron chi connectivity index (χ1n) is 9.67. The minimum atomic E-state index is -1.90. The smallest absolute Gasteiger partial charge is 0.289 e. The third kappa shape index (κ3) is 5.23. The fraction of sp³-hybridized carbons (Fsp3) is 0.524. The lowest BCUT2D eigenvalue weighted by Crippen LogP contribution is -2.43. The molecule has 29 heavy (non-hydrogen) atoms. The lowest BCUT2D eigenvalue weighted by molar-refractivity contribution is -0.134. The number of amides is 1. The summed E-state index contributed by atoms with van der Waals surface area (Å²) in [5.41, 5.74) is 1.22. The first kappa shape index (κ1) is 22.6. The summed E-state index contributed by atoms with van der Waals surface area (Å²) in [5.74, 6) is 0.0426. The molecule has 0 saturated heterocycles. The first-order chi connectivity index (χ1) is 13.5. The fourth-order valence-corrected chi connectivity index (χ4v) is 3.64. The Labute approximate surface area is 173 Å². The molecule has 1 aromatic rings. The van der Waals surface area contributed by atoms with Crippen LogP contribution in [0.5, 0.6) is 5.75 Å². The van der Waals surface area contributed by atoms with Crippen molar-refractivity contribution < 1.29 is 14.0 Å². The molecular weight excluding hydrogens is 384 g/mol. The van der Waals surface area contributed by atoms with Gasteiger partial charge in [0, 0.05) is 0 Å². The molecule has 1 aliphatic heterocycles. The number of hydrogen-bond acceptors (Lipinski definition) is 6. The van der Waals surface area contributed by atoms with E-state index in [1.807, 2.05) is 19.1 Å². The molecule has 0 saturated carbocycles. The second-order valence-corrected chi connectivity index (χ2v) is 13.3. The van der Waals surface area contributed by atoms with Crippen molar-refractivity contribution in [3.05, 3.63) is 29.3 Å². The van der Waals surface area contributed by atoms with E-state index in [1.54, 1.807) is 0 Å². The quantitative estimate of drug-likeness (QED) is 0.634. The largest absolute Gasteiger partial charge is 0.474 e. The maximum Gasteiger partial charge on any atom is 0.289 e. The molecule has 0 radical (unpaired) electrons. The molecule has 0 bridgehead atoms. The van der Waals surface area contributed by atoms with E-state index >= 15 is 0 Å². The highest BCUT2D eigenvalue weighted by molar-refractivity contribution is 6.74. The summed E-state index contributed by atoms with van der Waals surface area (Å²) in [6.07, 6.45) is -0.299. The molecule has 8 heteroatoms. The lowest BCUT2D eigenvalue weighted by atomic mass is 10.1. The molecule has 2 rings (SSSR count). The van der Waals surface area contributed by atoms with Crippen molar-refractivity contribution in [1.29, 1.82) is 10.5 Å². The predicted molar refractivity (Wildman–Crippen MR) is 113 cm³/mol. The zero-order chi connectivity index (χ0) is 21.8. The number of rotatable bonds is 7. The molecule has 1 aromatic carbocycles. The molecule has 1 aliphatic rings. The molecular formula is C21H28N4O3Si. The van der Waals surface area contributed by atoms with E-state index in [1.165, 1.54) is 23.2 Å². The van der Waals surface area contributed by atoms with Gasteiger partial charge in [0.15, 0.2) is 8.32 Å². The number of hydrogen-bond donors (Lipinski definition) is 0. The fourth-order valence-electron chi connectivity index (χ4n) is 2.61. The molecule has 0 N–H and O–H groups in total. The zero-order valence-corrected chi connectivity index (χ0v) is 18.9. The summed E-state index contributed by atoms with van der Waals surface area (Å²) in [6.45, 7) is 13.5. The number of nitriles is 2. The minimum absolute atomic E-state index is 0.0930. The molecule has 1 unspecified atom stereocenters. The first-order valence-corrected chi connectivity index (χ1v) is 12.6. The number of nitrogens with zero attached hydrogens (tertiary/aromatic N) is 4. The van der Waals surface area contributed by atoms with Crippen LogP contribution in [0.3, 0.4) is 0 Å². The van der Waals surface area contributed by atoms with Crippen LogP contribution in [0, 0.1) is 22.7 Å². The van der Waals surface area contributed by atoms with Crippen molar-refractivity contribution in [3.8, 4) is 17.9 Å². The number of ether oxygens (including phenoxy) is 1. The van der Waals surface area contributed by atoms with Crippen LogP contribution in [-0.4, -0.2) is 44.2 Å². The van der Waals surface area contributed by atoms with Gasteiger partial charge in [-0.3, -0.25) is 4.79 Å². The molecule has 0 aromatic heterocycles. The number of benzene rings is 1. The summed E-state index contributed by atoms with van der Waals surface area (Å²) in [4.78, 5) is 12.9. The Balaban J connectivity index is 2.09. The van der Waals surface area contributed by atoms with E-state index in [4.69, 9.17) is 19.7 Å². The van der Waals surface area contributed by atoms with Gasteiger partial charge in [-0.2, -0.15) is 15.6 Å². The molecule has 0 spiro atoms. The van der Waals surface area contributed by atoms with E-state index in [-0.39, 0.29) is 10.9 Å². The van der Waals surface area contributed by atoms with Gasteiger partial charge in [0.25, 0.3) is 5.91 Å². The van der Waals surface area contributed by atoms with Crippen LogP contribution in [0.4, 0.5) is 0 Å². The van der Waals surface area contributed by atoms with E-state index in [9.17, 15) is 4.79 Å². The van der Waals surface area contributed by atoms with Gasteiger partial charge in [-0.15, -0.1) is 0 Å². The third-order valence-corrected chi connectivity index (χ3v) is 9.92. The van der Waals surface area contributed by atoms with Crippen LogP contribution in [0.25, 0.3) is 0 Å². The molecule has 7 nitrogen and oxygen atoms in total. The number of carbonyl (C=O) groups excluding carboxylic acids is 1. The second kappa shape index (κ2) is 8.77. The Morgan fingerprint density at radius 2 is 1.76 bits per heavy atom. The standard InChI is InChI=1S/C21H28N4O3Si/c1-7-18-19(28-17-11-15(13-22)10-16(12-17)14-23)20(26)25(24-18)8-9-27-29(5,6)21(2,3)4/h10-12,19H,7-9H2,1-6H3. The average molecular weight is 413 g/mol. The van der Waals surface area contributed by atoms with Crippen molar-refractivity contribution in [3.63, 3.8) is 0 Å². The van der Waals surface area contributed by atoms with Crippen molar-refractivity contribution in [2.45, 2.75) is 58.4 Å². The van der Waals surface area contributed by atoms with Crippen LogP contribution in [0.2, 0.25) is 18.1 Å². The highest BCUT2D eigenvalue weighted by atomic mass is 28.4. The topological polar surface area (TPSA) is 98.7 Å². The van der Waals surface area contributed by atoms with Crippen molar-refractivity contribution in [2.75, 3.05) is 13.2 Å². The summed E-state index contributed by atoms with van der Waals surface area (Å²) >= 11 is 0. The van der Waals surface area contributed by atoms with Gasteiger partial charge in [-0.05, 0) is 42.8 Å². The molecule has 1 heterocycles. The van der Waals surface area contributed by atoms with Crippen molar-refractivity contribution >= 4 is 19.9 Å². The molecule has 154 valence electrons. The van der Waals surface area contributed by atoms with Crippen LogP contribution in [0.15, 0.2) is 23.3 Å². The zero-order valence-electron chi connectivity index (χ0n) is 17.9. The molecule has 0 aliphatic carbocycles. The summed E-state index contributed by atoms with van der Waals surface area (Å²) < 4.78 is 12.0. The maximum absolute atomic E-state index is 12.9. The van der Waals surface area contributed by atoms with Gasteiger partial charge < -0.3 is 9.16 Å². The monoisotopic (exact) mass is 412 g/mol. The van der Waals surface area contributed by atoms with Crippen molar-refractivity contribution in [2.24, 2.45) is 5.10 Å². The minimum Gasteiger partial charge on any atom is -0.474 e. The third-order valence-electron chi connectivity index (χ3n) is 5.38. The van der Waals surface area contributed by atoms with Crippen LogP contribution in [-0.2, 0) is 9.22 Å². The Kier molecular flexibility index (Phi) is 6.84. The van der Waals surface area contributed by atoms with E-state index in [0.29, 0.717) is 42.2 Å². The normalized spacial score (nSPS) is 17.0. The molecule has 1 atom stereocenters. The Bertz CT molecular complexity index is 858. The number of hydrazone groups is 1.